The molecule has 3 amide bonds. The molecule has 4 fully saturated rings. The summed E-state index contributed by atoms with van der Waals surface area (Å²) in [6.07, 6.45) is 8.33. The third-order valence-electron chi connectivity index (χ3n) is 14.3. The van der Waals surface area contributed by atoms with Crippen molar-refractivity contribution < 1.29 is 23.9 Å². The highest BCUT2D eigenvalue weighted by molar-refractivity contribution is 7.60. The van der Waals surface area contributed by atoms with Crippen LogP contribution in [0.1, 0.15) is 103 Å². The number of nitrogens with zero attached hydrogens (tertiary/aromatic N) is 4. The number of benzene rings is 3. The first-order valence-corrected chi connectivity index (χ1v) is 22.1. The highest BCUT2D eigenvalue weighted by atomic mass is 32.1. The normalized spacial score (nSPS) is 22.5. The fraction of sp³-hybridized carbons (Fsp3) is 0.521. The molecule has 1 aliphatic carbocycles. The first-order chi connectivity index (χ1) is 28.9. The van der Waals surface area contributed by atoms with E-state index in [9.17, 15) is 14.4 Å². The van der Waals surface area contributed by atoms with Crippen LogP contribution in [-0.4, -0.2) is 86.6 Å². The zero-order chi connectivity index (χ0) is 41.9. The number of hydrogen-bond donors (Lipinski definition) is 3. The number of amides is 3. The topological polar surface area (TPSA) is 146 Å². The van der Waals surface area contributed by atoms with Crippen LogP contribution in [0, 0.1) is 29.1 Å². The van der Waals surface area contributed by atoms with Crippen molar-refractivity contribution in [2.45, 2.75) is 104 Å². The van der Waals surface area contributed by atoms with Gasteiger partial charge in [0.25, 0.3) is 0 Å². The summed E-state index contributed by atoms with van der Waals surface area (Å²) in [5.74, 6) is 2.45. The summed E-state index contributed by atoms with van der Waals surface area (Å²) in [6.45, 7) is 12.1. The molecule has 12 nitrogen and oxygen atoms in total. The Morgan fingerprint density at radius 3 is 2.16 bits per heavy atom. The summed E-state index contributed by atoms with van der Waals surface area (Å²) < 4.78 is 10.8. The molecule has 5 heterocycles. The molecule has 2 aromatic heterocycles. The maximum absolute atomic E-state index is 14.2. The molecule has 0 unspecified atom stereocenters. The summed E-state index contributed by atoms with van der Waals surface area (Å²) >= 11 is 0. The van der Waals surface area contributed by atoms with Crippen molar-refractivity contribution in [3.8, 4) is 22.4 Å². The van der Waals surface area contributed by atoms with Crippen molar-refractivity contribution in [1.82, 2.24) is 35.1 Å². The number of methoxy groups -OCH3 is 1. The van der Waals surface area contributed by atoms with Crippen molar-refractivity contribution in [2.75, 3.05) is 26.9 Å². The number of H-pyrrole nitrogens is 2. The lowest BCUT2D eigenvalue weighted by molar-refractivity contribution is -0.140. The van der Waals surface area contributed by atoms with Crippen LogP contribution in [0.5, 0.6) is 0 Å². The van der Waals surface area contributed by atoms with Crippen molar-refractivity contribution in [2.24, 2.45) is 29.1 Å². The Morgan fingerprint density at radius 1 is 0.806 bits per heavy atom. The van der Waals surface area contributed by atoms with E-state index < -0.39 is 12.1 Å². The SMILES string of the molecule is COC(=O)N[C@H](C(=O)N1C[C@]2(CCCOC2)C[C@H]1c1ncc(-c2ccc(-c3ccc4c(ccc5[nH]c([C@@H]6C[C@@H]7CCC[C@@H]7N6C(=O)[C@@H](C)C(C)C)nc54)c3)cc2)[nH]1)C(C)C.S.S.S.S.S.S.S. The quantitative estimate of drug-likeness (QED) is 0.133. The Balaban J connectivity index is 0.00000220. The third-order valence-corrected chi connectivity index (χ3v) is 14.3. The van der Waals surface area contributed by atoms with E-state index in [1.54, 1.807) is 0 Å². The maximum atomic E-state index is 14.2. The maximum Gasteiger partial charge on any atom is 0.407 e. The van der Waals surface area contributed by atoms with Crippen molar-refractivity contribution in [1.29, 1.82) is 0 Å². The smallest absolute Gasteiger partial charge is 0.407 e. The van der Waals surface area contributed by atoms with Crippen LogP contribution in [0.2, 0.25) is 0 Å². The standard InChI is InChI=1S/C48H59N7O5.7H2S/c1-27(2)29(5)45(56)55-38-10-7-9-34(38)22-39(55)44-50-36-18-16-33-21-32(15-17-35(33)42(36)52-44)30-11-13-31(14-12-30)37-24-49-43(51-37)40-23-48(19-8-20-60-26-48)25-54(40)46(57)41(28(3)4)53-47(58)59-6;;;;;;;/h11-18,21,24,27-29,34,38-41H,7-10,19-20,22-23,25-26H2,1-6H3,(H,49,51)(H,50,52)(H,53,58);7*1H2/t29-,34-,38-,39-,40-,41-,48-;;;;;;;/m0......./s1. The number of aromatic amines is 2. The monoisotopic (exact) mass is 1050 g/mol. The Bertz CT molecular complexity index is 2430. The van der Waals surface area contributed by atoms with Crippen molar-refractivity contribution in [3.63, 3.8) is 0 Å². The van der Waals surface area contributed by atoms with Gasteiger partial charge in [-0.25, -0.2) is 14.8 Å². The molecule has 7 atom stereocenters. The summed E-state index contributed by atoms with van der Waals surface area (Å²) in [5, 5.41) is 4.98. The molecular formula is C48H73N7O5S7. The number of carbonyl (C=O) groups excluding carboxylic acids is 3. The fourth-order valence-corrected chi connectivity index (χ4v) is 10.6. The first kappa shape index (κ1) is 60.3. The van der Waals surface area contributed by atoms with Gasteiger partial charge in [0.15, 0.2) is 0 Å². The highest BCUT2D eigenvalue weighted by Crippen LogP contribution is 2.49. The van der Waals surface area contributed by atoms with Crippen molar-refractivity contribution in [3.05, 3.63) is 72.4 Å². The van der Waals surface area contributed by atoms with Gasteiger partial charge in [0.2, 0.25) is 11.8 Å². The van der Waals surface area contributed by atoms with Crippen molar-refractivity contribution >= 4 is 134 Å². The second-order valence-electron chi connectivity index (χ2n) is 18.8. The number of aromatic nitrogens is 4. The average Bonchev–Trinajstić information content (AvgIpc) is 4.10. The van der Waals surface area contributed by atoms with E-state index in [1.807, 2.05) is 24.9 Å². The van der Waals surface area contributed by atoms with Crippen LogP contribution >= 0.6 is 94.5 Å². The molecule has 3 saturated heterocycles. The minimum absolute atomic E-state index is 0. The highest BCUT2D eigenvalue weighted by Gasteiger charge is 2.51. The molecule has 5 aromatic rings. The van der Waals surface area contributed by atoms with Gasteiger partial charge in [-0.2, -0.15) is 94.5 Å². The molecule has 3 aromatic carbocycles. The molecule has 372 valence electrons. The van der Waals surface area contributed by atoms with Gasteiger partial charge < -0.3 is 34.6 Å². The van der Waals surface area contributed by atoms with Gasteiger partial charge in [-0.05, 0) is 90.5 Å². The zero-order valence-electron chi connectivity index (χ0n) is 39.3. The van der Waals surface area contributed by atoms with Gasteiger partial charge in [0.05, 0.1) is 48.7 Å². The Hall–Kier alpha value is -2.78. The predicted molar refractivity (Wildman–Crippen MR) is 304 cm³/mol. The lowest BCUT2D eigenvalue weighted by Crippen LogP contribution is -2.51. The molecule has 9 rings (SSSR count). The Morgan fingerprint density at radius 2 is 1.51 bits per heavy atom. The van der Waals surface area contributed by atoms with Gasteiger partial charge in [0.1, 0.15) is 17.7 Å². The van der Waals surface area contributed by atoms with Crippen LogP contribution < -0.4 is 5.32 Å². The number of alkyl carbamates (subject to hydrolysis) is 1. The molecule has 3 N–H and O–H groups in total. The number of ether oxygens (including phenoxy) is 2. The fourth-order valence-electron chi connectivity index (χ4n) is 10.6. The molecule has 1 spiro atoms. The van der Waals surface area contributed by atoms with Crippen LogP contribution in [0.3, 0.4) is 0 Å². The molecule has 0 radical (unpaired) electrons. The zero-order valence-corrected chi connectivity index (χ0v) is 46.3. The lowest BCUT2D eigenvalue weighted by Gasteiger charge is -2.33. The summed E-state index contributed by atoms with van der Waals surface area (Å²) in [5.41, 5.74) is 5.86. The minimum Gasteiger partial charge on any atom is -0.453 e. The lowest BCUT2D eigenvalue weighted by atomic mass is 9.80. The molecule has 3 aliphatic heterocycles. The van der Waals surface area contributed by atoms with Crippen LogP contribution in [0.15, 0.2) is 60.8 Å². The van der Waals surface area contributed by atoms with E-state index in [0.29, 0.717) is 31.0 Å². The first-order valence-electron chi connectivity index (χ1n) is 22.1. The summed E-state index contributed by atoms with van der Waals surface area (Å²) in [6, 6.07) is 18.6. The van der Waals surface area contributed by atoms with E-state index in [4.69, 9.17) is 19.4 Å². The van der Waals surface area contributed by atoms with E-state index in [-0.39, 0.29) is 136 Å². The van der Waals surface area contributed by atoms with Gasteiger partial charge >= 0.3 is 6.09 Å². The third kappa shape index (κ3) is 11.7. The number of hydrogen-bond acceptors (Lipinski definition) is 7. The molecule has 19 heteroatoms. The Labute approximate surface area is 444 Å². The number of imidazole rings is 2. The number of rotatable bonds is 9. The molecule has 0 bridgehead atoms. The van der Waals surface area contributed by atoms with Gasteiger partial charge in [0, 0.05) is 35.9 Å². The molecule has 4 aliphatic rings. The van der Waals surface area contributed by atoms with Crippen LogP contribution in [-0.2, 0) is 19.1 Å². The van der Waals surface area contributed by atoms with Crippen LogP contribution in [0.4, 0.5) is 4.79 Å². The summed E-state index contributed by atoms with van der Waals surface area (Å²) in [4.78, 5) is 61.7. The molecule has 1 saturated carbocycles. The average molecular weight is 1050 g/mol. The number of fused-ring (bicyclic) bond motifs is 4. The second kappa shape index (κ2) is 24.9. The molecular weight excluding hydrogens is 979 g/mol. The van der Waals surface area contributed by atoms with E-state index in [1.165, 1.54) is 20.0 Å². The largest absolute Gasteiger partial charge is 0.453 e. The summed E-state index contributed by atoms with van der Waals surface area (Å²) in [7, 11) is 1.31. The van der Waals surface area contributed by atoms with Crippen LogP contribution in [0.25, 0.3) is 44.2 Å². The Kier molecular flexibility index (Phi) is 22.4. The molecule has 67 heavy (non-hydrogen) atoms. The van der Waals surface area contributed by atoms with Gasteiger partial charge in [-0.15, -0.1) is 0 Å². The number of likely N-dealkylation sites (tertiary alicyclic amines) is 2. The van der Waals surface area contributed by atoms with E-state index in [2.05, 4.69) is 95.6 Å². The van der Waals surface area contributed by atoms with E-state index >= 15 is 0 Å². The number of carbonyl (C=O) groups is 3. The van der Waals surface area contributed by atoms with E-state index in [0.717, 1.165) is 94.5 Å². The van der Waals surface area contributed by atoms with Gasteiger partial charge in [-0.3, -0.25) is 9.59 Å². The second-order valence-corrected chi connectivity index (χ2v) is 18.8. The van der Waals surface area contributed by atoms with Gasteiger partial charge in [-0.1, -0.05) is 83.5 Å². The minimum atomic E-state index is -0.725. The predicted octanol–water partition coefficient (Wildman–Crippen LogP) is 9.75. The number of nitrogens with one attached hydrogen (secondary N) is 3.